The average molecular weight is 496 g/mol. The minimum absolute atomic E-state index is 0.0270. The van der Waals surface area contributed by atoms with Crippen molar-refractivity contribution in [2.24, 2.45) is 0 Å². The fourth-order valence-electron chi connectivity index (χ4n) is 3.32. The number of hydrogen-bond acceptors (Lipinski definition) is 5. The second kappa shape index (κ2) is 13.3. The van der Waals surface area contributed by atoms with E-state index >= 15 is 0 Å². The molecule has 0 aromatic heterocycles. The summed E-state index contributed by atoms with van der Waals surface area (Å²) in [5.41, 5.74) is 3.58. The highest BCUT2D eigenvalue weighted by atomic mass is 32.2. The molecule has 0 aliphatic rings. The van der Waals surface area contributed by atoms with Crippen molar-refractivity contribution in [2.45, 2.75) is 32.3 Å². The van der Waals surface area contributed by atoms with Crippen LogP contribution < -0.4 is 14.8 Å². The van der Waals surface area contributed by atoms with Crippen LogP contribution in [0.1, 0.15) is 31.2 Å². The maximum Gasteiger partial charge on any atom is 0.422 e. The third kappa shape index (κ3) is 9.60. The molecule has 3 N–H and O–H groups in total. The van der Waals surface area contributed by atoms with E-state index in [1.165, 1.54) is 0 Å². The lowest BCUT2D eigenvalue weighted by atomic mass is 10.1. The number of hydrogen-bond donors (Lipinski definition) is 3. The molecule has 3 rings (SSSR count). The smallest absolute Gasteiger partial charge is 0.422 e. The molecule has 2 amide bonds. The van der Waals surface area contributed by atoms with Crippen molar-refractivity contribution in [3.05, 3.63) is 90.5 Å². The highest BCUT2D eigenvalue weighted by Gasteiger charge is 2.14. The number of carbonyl (C=O) groups is 2. The SMILES string of the molecule is O=C(CCCCCNS(=O)(=O)NC(=O)OCc1ccccc1)Nc1cccc(-c2ccccc2)c1. The number of ether oxygens (including phenoxy) is 1. The molecule has 0 atom stereocenters. The fraction of sp³-hybridized carbons (Fsp3) is 0.231. The molecule has 3 aromatic rings. The third-order valence-corrected chi connectivity index (χ3v) is 6.08. The van der Waals surface area contributed by atoms with Crippen molar-refractivity contribution < 1.29 is 22.7 Å². The van der Waals surface area contributed by atoms with Gasteiger partial charge in [-0.3, -0.25) is 4.79 Å². The summed E-state index contributed by atoms with van der Waals surface area (Å²) in [6, 6.07) is 26.5. The molecule has 3 aromatic carbocycles. The lowest BCUT2D eigenvalue weighted by molar-refractivity contribution is -0.116. The Kier molecular flexibility index (Phi) is 9.82. The van der Waals surface area contributed by atoms with E-state index in [2.05, 4.69) is 10.0 Å². The maximum absolute atomic E-state index is 12.3. The Morgan fingerprint density at radius 3 is 2.20 bits per heavy atom. The van der Waals surface area contributed by atoms with Crippen molar-refractivity contribution >= 4 is 27.9 Å². The second-order valence-electron chi connectivity index (χ2n) is 7.87. The van der Waals surface area contributed by atoms with E-state index in [4.69, 9.17) is 4.74 Å². The predicted octanol–water partition coefficient (Wildman–Crippen LogP) is 4.61. The van der Waals surface area contributed by atoms with Gasteiger partial charge in [-0.2, -0.15) is 13.1 Å². The third-order valence-electron chi connectivity index (χ3n) is 5.06. The molecule has 35 heavy (non-hydrogen) atoms. The zero-order valence-corrected chi connectivity index (χ0v) is 20.1. The number of rotatable bonds is 12. The van der Waals surface area contributed by atoms with Crippen LogP contribution in [0.4, 0.5) is 10.5 Å². The molecule has 0 saturated carbocycles. The summed E-state index contributed by atoms with van der Waals surface area (Å²) in [5, 5.41) is 2.90. The van der Waals surface area contributed by atoms with Crippen molar-refractivity contribution in [1.29, 1.82) is 0 Å². The van der Waals surface area contributed by atoms with Gasteiger partial charge in [-0.25, -0.2) is 9.52 Å². The number of unbranched alkanes of at least 4 members (excludes halogenated alkanes) is 2. The lowest BCUT2D eigenvalue weighted by Gasteiger charge is -2.09. The Labute approximate surface area is 205 Å². The second-order valence-corrected chi connectivity index (χ2v) is 9.37. The number of nitrogens with one attached hydrogen (secondary N) is 3. The summed E-state index contributed by atoms with van der Waals surface area (Å²) in [4.78, 5) is 24.0. The fourth-order valence-corrected chi connectivity index (χ4v) is 4.09. The molecule has 184 valence electrons. The van der Waals surface area contributed by atoms with Gasteiger partial charge in [-0.05, 0) is 41.7 Å². The van der Waals surface area contributed by atoms with Gasteiger partial charge in [0.15, 0.2) is 0 Å². The Bertz CT molecular complexity index is 1200. The van der Waals surface area contributed by atoms with Crippen LogP contribution in [0.5, 0.6) is 0 Å². The molecule has 0 aliphatic carbocycles. The van der Waals surface area contributed by atoms with Crippen molar-refractivity contribution in [3.63, 3.8) is 0 Å². The summed E-state index contributed by atoms with van der Waals surface area (Å²) >= 11 is 0. The number of amides is 2. The number of anilines is 1. The molecule has 0 radical (unpaired) electrons. The van der Waals surface area contributed by atoms with Gasteiger partial charge in [-0.15, -0.1) is 0 Å². The molecule has 0 unspecified atom stereocenters. The predicted molar refractivity (Wildman–Crippen MR) is 136 cm³/mol. The first-order valence-corrected chi connectivity index (χ1v) is 12.8. The Morgan fingerprint density at radius 1 is 0.771 bits per heavy atom. The van der Waals surface area contributed by atoms with E-state index in [0.29, 0.717) is 25.7 Å². The molecule has 0 aliphatic heterocycles. The first kappa shape index (κ1) is 25.9. The molecule has 0 heterocycles. The van der Waals surface area contributed by atoms with Crippen LogP contribution >= 0.6 is 0 Å². The summed E-state index contributed by atoms with van der Waals surface area (Å²) in [5.74, 6) is -0.0985. The highest BCUT2D eigenvalue weighted by Crippen LogP contribution is 2.22. The molecule has 0 fully saturated rings. The molecular formula is C26H29N3O5S. The summed E-state index contributed by atoms with van der Waals surface area (Å²) in [7, 11) is -4.01. The number of carbonyl (C=O) groups excluding carboxylic acids is 2. The minimum atomic E-state index is -4.01. The highest BCUT2D eigenvalue weighted by molar-refractivity contribution is 7.88. The topological polar surface area (TPSA) is 114 Å². The van der Waals surface area contributed by atoms with Crippen LogP contribution in [-0.2, 0) is 26.3 Å². The quantitative estimate of drug-likeness (QED) is 0.318. The van der Waals surface area contributed by atoms with Crippen LogP contribution in [0.15, 0.2) is 84.9 Å². The minimum Gasteiger partial charge on any atom is -0.444 e. The van der Waals surface area contributed by atoms with Crippen LogP contribution in [-0.4, -0.2) is 27.0 Å². The Balaban J connectivity index is 1.29. The first-order valence-electron chi connectivity index (χ1n) is 11.3. The molecule has 0 saturated heterocycles. The zero-order chi connectivity index (χ0) is 24.9. The largest absolute Gasteiger partial charge is 0.444 e. The van der Waals surface area contributed by atoms with Crippen LogP contribution in [0.25, 0.3) is 11.1 Å². The summed E-state index contributed by atoms with van der Waals surface area (Å²) in [6.45, 7) is 0.114. The van der Waals surface area contributed by atoms with Crippen LogP contribution in [0.3, 0.4) is 0 Å². The van der Waals surface area contributed by atoms with E-state index in [-0.39, 0.29) is 19.1 Å². The van der Waals surface area contributed by atoms with Crippen molar-refractivity contribution in [1.82, 2.24) is 9.44 Å². The van der Waals surface area contributed by atoms with Gasteiger partial charge in [0.25, 0.3) is 0 Å². The zero-order valence-electron chi connectivity index (χ0n) is 19.3. The van der Waals surface area contributed by atoms with E-state index < -0.39 is 16.3 Å². The summed E-state index contributed by atoms with van der Waals surface area (Å²) in [6.07, 6.45) is 1.06. The van der Waals surface area contributed by atoms with E-state index in [1.807, 2.05) is 65.4 Å². The van der Waals surface area contributed by atoms with Gasteiger partial charge in [0.05, 0.1) is 0 Å². The average Bonchev–Trinajstić information content (AvgIpc) is 2.86. The molecular weight excluding hydrogens is 466 g/mol. The van der Waals surface area contributed by atoms with Crippen LogP contribution in [0.2, 0.25) is 0 Å². The monoisotopic (exact) mass is 495 g/mol. The first-order chi connectivity index (χ1) is 16.9. The van der Waals surface area contributed by atoms with E-state index in [0.717, 1.165) is 22.4 Å². The Morgan fingerprint density at radius 2 is 1.46 bits per heavy atom. The summed E-state index contributed by atoms with van der Waals surface area (Å²) < 4.78 is 32.9. The van der Waals surface area contributed by atoms with Crippen molar-refractivity contribution in [2.75, 3.05) is 11.9 Å². The molecule has 8 nitrogen and oxygen atoms in total. The van der Waals surface area contributed by atoms with Gasteiger partial charge in [0, 0.05) is 18.7 Å². The molecule has 0 spiro atoms. The van der Waals surface area contributed by atoms with Crippen molar-refractivity contribution in [3.8, 4) is 11.1 Å². The normalized spacial score (nSPS) is 11.0. The van der Waals surface area contributed by atoms with E-state index in [9.17, 15) is 18.0 Å². The maximum atomic E-state index is 12.3. The molecule has 9 heteroatoms. The van der Waals surface area contributed by atoms with Gasteiger partial charge < -0.3 is 10.1 Å². The van der Waals surface area contributed by atoms with Gasteiger partial charge >= 0.3 is 16.3 Å². The van der Waals surface area contributed by atoms with Gasteiger partial charge in [0.1, 0.15) is 6.61 Å². The Hall–Kier alpha value is -3.69. The van der Waals surface area contributed by atoms with E-state index in [1.54, 1.807) is 24.3 Å². The van der Waals surface area contributed by atoms with Gasteiger partial charge in [-0.1, -0.05) is 79.2 Å². The molecule has 0 bridgehead atoms. The lowest BCUT2D eigenvalue weighted by Crippen LogP contribution is -2.40. The van der Waals surface area contributed by atoms with Crippen LogP contribution in [0, 0.1) is 0 Å². The number of benzene rings is 3. The standard InChI is InChI=1S/C26H29N3O5S/c30-25(28-24-16-10-15-23(19-24)22-13-6-2-7-14-22)17-8-3-9-18-27-35(32,33)29-26(31)34-20-21-11-4-1-5-12-21/h1-2,4-7,10-16,19,27H,3,8-9,17-18,20H2,(H,28,30)(H,29,31). The van der Waals surface area contributed by atoms with Gasteiger partial charge in [0.2, 0.25) is 5.91 Å².